The number of H-pyrrole nitrogens is 5. The van der Waals surface area contributed by atoms with E-state index >= 15 is 0 Å². The lowest BCUT2D eigenvalue weighted by atomic mass is 10.1. The second-order valence-electron chi connectivity index (χ2n) is 8.43. The highest BCUT2D eigenvalue weighted by molar-refractivity contribution is 5.94. The van der Waals surface area contributed by atoms with E-state index in [1.807, 2.05) is 18.2 Å². The van der Waals surface area contributed by atoms with Crippen LogP contribution in [0.25, 0.3) is 67.8 Å². The molecule has 6 aromatic heterocycles. The summed E-state index contributed by atoms with van der Waals surface area (Å²) in [6, 6.07) is 10.9. The Bertz CT molecular complexity index is 1970. The molecule has 0 amide bonds. The van der Waals surface area contributed by atoms with Crippen molar-refractivity contribution in [2.45, 2.75) is 0 Å². The van der Waals surface area contributed by atoms with E-state index < -0.39 is 0 Å². The van der Waals surface area contributed by atoms with Crippen LogP contribution in [0.4, 0.5) is 0 Å². The minimum absolute atomic E-state index is 0.0611. The van der Waals surface area contributed by atoms with Crippen LogP contribution in [0.5, 0.6) is 5.75 Å². The molecule has 174 valence electrons. The van der Waals surface area contributed by atoms with Gasteiger partial charge in [-0.2, -0.15) is 0 Å². The number of rotatable bonds is 2. The van der Waals surface area contributed by atoms with Crippen LogP contribution in [0.15, 0.2) is 66.2 Å². The maximum absolute atomic E-state index is 13.4. The molecule has 0 unspecified atom stereocenters. The molecule has 1 aliphatic rings. The zero-order valence-corrected chi connectivity index (χ0v) is 18.6. The summed E-state index contributed by atoms with van der Waals surface area (Å²) in [6.07, 6.45) is 10.1. The number of hydrogen-bond donors (Lipinski definition) is 6. The molecule has 7 rings (SSSR count). The summed E-state index contributed by atoms with van der Waals surface area (Å²) in [6.45, 7) is 0. The third-order valence-electron chi connectivity index (χ3n) is 6.28. The molecule has 1 aliphatic heterocycles. The molecular formula is C26H18N8O2. The van der Waals surface area contributed by atoms with Gasteiger partial charge in [0, 0.05) is 11.1 Å². The van der Waals surface area contributed by atoms with E-state index in [1.54, 1.807) is 55.4 Å². The Labute approximate surface area is 201 Å². The van der Waals surface area contributed by atoms with Crippen LogP contribution >= 0.6 is 0 Å². The largest absolute Gasteiger partial charge is 0.504 e. The van der Waals surface area contributed by atoms with Gasteiger partial charge in [0.2, 0.25) is 5.43 Å². The summed E-state index contributed by atoms with van der Waals surface area (Å²) >= 11 is 0. The maximum Gasteiger partial charge on any atom is 0.227 e. The quantitative estimate of drug-likeness (QED) is 0.217. The summed E-state index contributed by atoms with van der Waals surface area (Å²) in [7, 11) is 0. The van der Waals surface area contributed by atoms with E-state index in [1.165, 1.54) is 0 Å². The minimum atomic E-state index is -0.224. The van der Waals surface area contributed by atoms with Crippen LogP contribution in [-0.2, 0) is 0 Å². The predicted octanol–water partition coefficient (Wildman–Crippen LogP) is 4.54. The first kappa shape index (κ1) is 20.0. The highest BCUT2D eigenvalue weighted by atomic mass is 16.3. The lowest BCUT2D eigenvalue weighted by molar-refractivity contribution is 0.485. The van der Waals surface area contributed by atoms with Crippen molar-refractivity contribution in [3.8, 4) is 28.3 Å². The van der Waals surface area contributed by atoms with E-state index in [9.17, 15) is 9.90 Å². The van der Waals surface area contributed by atoms with Crippen LogP contribution in [0.3, 0.4) is 0 Å². The number of aromatic amines is 5. The van der Waals surface area contributed by atoms with Gasteiger partial charge in [-0.25, -0.2) is 15.0 Å². The molecule has 0 saturated heterocycles. The van der Waals surface area contributed by atoms with Crippen molar-refractivity contribution < 1.29 is 5.11 Å². The fourth-order valence-electron chi connectivity index (χ4n) is 4.58. The van der Waals surface area contributed by atoms with Gasteiger partial charge in [0.05, 0.1) is 75.2 Å². The molecule has 8 bridgehead atoms. The average molecular weight is 474 g/mol. The lowest BCUT2D eigenvalue weighted by Crippen LogP contribution is -2.03. The Morgan fingerprint density at radius 3 is 1.72 bits per heavy atom. The van der Waals surface area contributed by atoms with Gasteiger partial charge in [0.1, 0.15) is 5.69 Å². The van der Waals surface area contributed by atoms with Crippen LogP contribution in [0, 0.1) is 0 Å². The minimum Gasteiger partial charge on any atom is -0.504 e. The molecule has 0 saturated carbocycles. The third-order valence-corrected chi connectivity index (χ3v) is 6.28. The highest BCUT2D eigenvalue weighted by Gasteiger charge is 2.15. The number of hydrogen-bond acceptors (Lipinski definition) is 5. The Hall–Kier alpha value is -5.38. The summed E-state index contributed by atoms with van der Waals surface area (Å²) in [5.74, 6) is 0.0611. The van der Waals surface area contributed by atoms with Crippen LogP contribution in [0.2, 0.25) is 0 Å². The SMILES string of the molecule is O=c1c2nc(c(-c3cnc[nH]3)c3ccc([nH]3)c(O)c3ccc([nH]3)c(-c3cnc[nH]3)c3ccc1[nH]3)C=C2. The number of aromatic hydroxyl groups is 1. The second-order valence-corrected chi connectivity index (χ2v) is 8.43. The smallest absolute Gasteiger partial charge is 0.227 e. The first-order valence-electron chi connectivity index (χ1n) is 11.2. The van der Waals surface area contributed by atoms with E-state index in [-0.39, 0.29) is 11.2 Å². The van der Waals surface area contributed by atoms with Crippen molar-refractivity contribution in [1.29, 1.82) is 0 Å². The topological polar surface area (TPSA) is 155 Å². The molecule has 36 heavy (non-hydrogen) atoms. The van der Waals surface area contributed by atoms with E-state index in [0.717, 1.165) is 28.0 Å². The van der Waals surface area contributed by atoms with Crippen molar-refractivity contribution >= 4 is 45.3 Å². The number of nitrogens with zero attached hydrogens (tertiary/aromatic N) is 3. The Morgan fingerprint density at radius 1 is 0.611 bits per heavy atom. The fraction of sp³-hybridized carbons (Fsp3) is 0. The van der Waals surface area contributed by atoms with E-state index in [4.69, 9.17) is 0 Å². The first-order chi connectivity index (χ1) is 17.7. The molecule has 0 aromatic carbocycles. The average Bonchev–Trinajstić information content (AvgIpc) is 3.72. The van der Waals surface area contributed by atoms with Crippen molar-refractivity contribution in [2.24, 2.45) is 0 Å². The summed E-state index contributed by atoms with van der Waals surface area (Å²) in [4.78, 5) is 42.4. The van der Waals surface area contributed by atoms with Gasteiger partial charge >= 0.3 is 0 Å². The lowest BCUT2D eigenvalue weighted by Gasteiger charge is -2.00. The fourth-order valence-corrected chi connectivity index (χ4v) is 4.58. The molecule has 6 N–H and O–H groups in total. The van der Waals surface area contributed by atoms with Crippen LogP contribution in [0.1, 0.15) is 11.4 Å². The molecule has 7 heterocycles. The van der Waals surface area contributed by atoms with Gasteiger partial charge in [-0.1, -0.05) is 0 Å². The Balaban J connectivity index is 1.67. The number of fused-ring (bicyclic) bond motifs is 8. The standard InChI is InChI=1S/C26H18N8O2/c35-25-17-5-1-13(31-17)23(21-9-27-11-29-21)14-2-6-19(32-14)26(36)20-8-4-16(34-20)24(22-10-28-12-30-22)15-3-7-18(25)33-15/h1-12,31-33,35H,(H,27,29)(H,28,30). The van der Waals surface area contributed by atoms with Crippen LogP contribution in [-0.4, -0.2) is 45.0 Å². The van der Waals surface area contributed by atoms with Gasteiger partial charge in [-0.3, -0.25) is 4.79 Å². The first-order valence-corrected chi connectivity index (χ1v) is 11.2. The van der Waals surface area contributed by atoms with Gasteiger partial charge in [0.25, 0.3) is 0 Å². The molecule has 10 heteroatoms. The predicted molar refractivity (Wildman–Crippen MR) is 138 cm³/mol. The molecule has 0 radical (unpaired) electrons. The van der Waals surface area contributed by atoms with Gasteiger partial charge in [-0.15, -0.1) is 0 Å². The zero-order valence-electron chi connectivity index (χ0n) is 18.6. The molecule has 0 fully saturated rings. The molecular weight excluding hydrogens is 456 g/mol. The molecule has 0 spiro atoms. The van der Waals surface area contributed by atoms with Crippen molar-refractivity contribution in [1.82, 2.24) is 39.9 Å². The van der Waals surface area contributed by atoms with Gasteiger partial charge in [-0.05, 0) is 48.6 Å². The van der Waals surface area contributed by atoms with Gasteiger partial charge < -0.3 is 30.0 Å². The number of aromatic nitrogens is 8. The van der Waals surface area contributed by atoms with Crippen molar-refractivity contribution in [3.63, 3.8) is 0 Å². The van der Waals surface area contributed by atoms with E-state index in [2.05, 4.69) is 39.9 Å². The zero-order chi connectivity index (χ0) is 24.2. The monoisotopic (exact) mass is 474 g/mol. The summed E-state index contributed by atoms with van der Waals surface area (Å²) in [5, 5.41) is 11.1. The third kappa shape index (κ3) is 3.05. The highest BCUT2D eigenvalue weighted by Crippen LogP contribution is 2.32. The summed E-state index contributed by atoms with van der Waals surface area (Å²) in [5.41, 5.74) is 7.28. The van der Waals surface area contributed by atoms with Crippen molar-refractivity contribution in [3.05, 3.63) is 83.1 Å². The second kappa shape index (κ2) is 7.57. The normalized spacial score (nSPS) is 12.0. The molecule has 0 aliphatic carbocycles. The van der Waals surface area contributed by atoms with Crippen molar-refractivity contribution in [2.75, 3.05) is 0 Å². The molecule has 0 atom stereocenters. The van der Waals surface area contributed by atoms with Crippen LogP contribution < -0.4 is 5.43 Å². The molecule has 10 nitrogen and oxygen atoms in total. The summed E-state index contributed by atoms with van der Waals surface area (Å²) < 4.78 is 0. The number of imidazole rings is 2. The Morgan fingerprint density at radius 2 is 1.11 bits per heavy atom. The van der Waals surface area contributed by atoms with Gasteiger partial charge in [0.15, 0.2) is 5.75 Å². The number of nitrogens with one attached hydrogen (secondary N) is 5. The Kier molecular flexibility index (Phi) is 4.21. The molecule has 6 aromatic rings. The van der Waals surface area contributed by atoms with E-state index in [0.29, 0.717) is 39.0 Å². The maximum atomic E-state index is 13.4.